The van der Waals surface area contributed by atoms with Crippen LogP contribution >= 0.6 is 15.9 Å². The van der Waals surface area contributed by atoms with Gasteiger partial charge in [-0.15, -0.1) is 0 Å². The molecule has 1 aliphatic heterocycles. The lowest BCUT2D eigenvalue weighted by atomic mass is 10.1. The van der Waals surface area contributed by atoms with Crippen molar-refractivity contribution in [3.05, 3.63) is 34.1 Å². The Morgan fingerprint density at radius 2 is 2.29 bits per heavy atom. The second kappa shape index (κ2) is 8.22. The normalized spacial score (nSPS) is 20.1. The molecule has 0 saturated carbocycles. The van der Waals surface area contributed by atoms with Gasteiger partial charge in [0.1, 0.15) is 5.82 Å². The first-order valence-corrected chi connectivity index (χ1v) is 8.32. The van der Waals surface area contributed by atoms with Crippen molar-refractivity contribution in [2.45, 2.75) is 26.5 Å². The first-order valence-electron chi connectivity index (χ1n) is 7.53. The van der Waals surface area contributed by atoms with Gasteiger partial charge in [-0.2, -0.15) is 0 Å². The number of benzene rings is 1. The number of morpholine rings is 1. The van der Waals surface area contributed by atoms with Crippen LogP contribution in [-0.2, 0) is 11.3 Å². The van der Waals surface area contributed by atoms with Crippen LogP contribution in [0.15, 0.2) is 22.7 Å². The van der Waals surface area contributed by atoms with Crippen molar-refractivity contribution in [3.8, 4) is 0 Å². The average molecular weight is 359 g/mol. The van der Waals surface area contributed by atoms with E-state index in [9.17, 15) is 4.39 Å². The van der Waals surface area contributed by atoms with Gasteiger partial charge in [-0.1, -0.05) is 29.8 Å². The van der Waals surface area contributed by atoms with Crippen molar-refractivity contribution in [2.75, 3.05) is 32.8 Å². The van der Waals surface area contributed by atoms with E-state index < -0.39 is 0 Å². The molecule has 0 aliphatic carbocycles. The zero-order valence-electron chi connectivity index (χ0n) is 12.7. The lowest BCUT2D eigenvalue weighted by Crippen LogP contribution is -2.47. The summed E-state index contributed by atoms with van der Waals surface area (Å²) in [5.74, 6) is 0.504. The lowest BCUT2D eigenvalue weighted by molar-refractivity contribution is -0.0303. The molecule has 1 fully saturated rings. The molecule has 1 heterocycles. The number of halogens is 2. The third-order valence-corrected chi connectivity index (χ3v) is 4.03. The van der Waals surface area contributed by atoms with E-state index in [2.05, 4.69) is 40.0 Å². The molecule has 1 aromatic carbocycles. The molecular weight excluding hydrogens is 335 g/mol. The Bertz CT molecular complexity index is 456. The molecule has 1 N–H and O–H groups in total. The topological polar surface area (TPSA) is 24.5 Å². The Hall–Kier alpha value is -0.490. The molecule has 0 spiro atoms. The number of hydrogen-bond acceptors (Lipinski definition) is 3. The van der Waals surface area contributed by atoms with Gasteiger partial charge in [0.05, 0.1) is 12.7 Å². The van der Waals surface area contributed by atoms with Crippen LogP contribution in [0, 0.1) is 11.7 Å². The van der Waals surface area contributed by atoms with Gasteiger partial charge in [0.2, 0.25) is 0 Å². The van der Waals surface area contributed by atoms with E-state index in [0.29, 0.717) is 18.0 Å². The zero-order chi connectivity index (χ0) is 15.2. The minimum Gasteiger partial charge on any atom is -0.374 e. The fraction of sp³-hybridized carbons (Fsp3) is 0.625. The Morgan fingerprint density at radius 3 is 3.05 bits per heavy atom. The monoisotopic (exact) mass is 358 g/mol. The molecule has 0 radical (unpaired) electrons. The van der Waals surface area contributed by atoms with Crippen LogP contribution in [0.4, 0.5) is 4.39 Å². The molecule has 1 saturated heterocycles. The number of nitrogens with zero attached hydrogens (tertiary/aromatic N) is 1. The third kappa shape index (κ3) is 5.66. The van der Waals surface area contributed by atoms with Gasteiger partial charge < -0.3 is 10.1 Å². The fourth-order valence-electron chi connectivity index (χ4n) is 2.63. The molecule has 2 rings (SSSR count). The number of hydrogen-bond donors (Lipinski definition) is 1. The summed E-state index contributed by atoms with van der Waals surface area (Å²) in [5, 5.41) is 3.30. The predicted octanol–water partition coefficient (Wildman–Crippen LogP) is 3.03. The predicted molar refractivity (Wildman–Crippen MR) is 86.8 cm³/mol. The van der Waals surface area contributed by atoms with E-state index in [0.717, 1.165) is 37.3 Å². The molecule has 0 aromatic heterocycles. The summed E-state index contributed by atoms with van der Waals surface area (Å²) < 4.78 is 20.3. The second-order valence-corrected chi connectivity index (χ2v) is 6.93. The van der Waals surface area contributed by atoms with Gasteiger partial charge in [0, 0.05) is 42.8 Å². The number of rotatable bonds is 6. The van der Waals surface area contributed by atoms with E-state index in [1.165, 1.54) is 6.07 Å². The highest BCUT2D eigenvalue weighted by molar-refractivity contribution is 9.10. The van der Waals surface area contributed by atoms with Crippen molar-refractivity contribution in [1.82, 2.24) is 10.2 Å². The van der Waals surface area contributed by atoms with Gasteiger partial charge in [0.15, 0.2) is 0 Å². The van der Waals surface area contributed by atoms with Crippen LogP contribution in [0.3, 0.4) is 0 Å². The first-order chi connectivity index (χ1) is 10.0. The summed E-state index contributed by atoms with van der Waals surface area (Å²) in [6, 6.07) is 5.02. The minimum atomic E-state index is -0.170. The second-order valence-electron chi connectivity index (χ2n) is 6.01. The largest absolute Gasteiger partial charge is 0.374 e. The van der Waals surface area contributed by atoms with Gasteiger partial charge >= 0.3 is 0 Å². The molecule has 1 aromatic rings. The molecule has 118 valence electrons. The molecule has 0 amide bonds. The quantitative estimate of drug-likeness (QED) is 0.845. The summed E-state index contributed by atoms with van der Waals surface area (Å²) >= 11 is 3.37. The smallest absolute Gasteiger partial charge is 0.127 e. The molecule has 0 bridgehead atoms. The minimum absolute atomic E-state index is 0.170. The maximum absolute atomic E-state index is 13.6. The maximum Gasteiger partial charge on any atom is 0.127 e. The molecule has 1 aliphatic rings. The Balaban J connectivity index is 1.76. The Kier molecular flexibility index (Phi) is 6.61. The van der Waals surface area contributed by atoms with Gasteiger partial charge in [-0.25, -0.2) is 4.39 Å². The molecule has 1 unspecified atom stereocenters. The van der Waals surface area contributed by atoms with Crippen molar-refractivity contribution >= 4 is 15.9 Å². The zero-order valence-corrected chi connectivity index (χ0v) is 14.3. The summed E-state index contributed by atoms with van der Waals surface area (Å²) in [6.07, 6.45) is 0.188. The van der Waals surface area contributed by atoms with Crippen LogP contribution < -0.4 is 5.32 Å². The van der Waals surface area contributed by atoms with Gasteiger partial charge in [-0.3, -0.25) is 4.90 Å². The van der Waals surface area contributed by atoms with E-state index in [1.54, 1.807) is 6.07 Å². The standard InChI is InChI=1S/C16H24BrFN2O/c1-12(2)10-20-5-6-21-15(11-20)9-19-8-13-7-14(17)3-4-16(13)18/h3-4,7,12,15,19H,5-6,8-11H2,1-2H3. The number of nitrogens with one attached hydrogen (secondary N) is 1. The molecule has 21 heavy (non-hydrogen) atoms. The highest BCUT2D eigenvalue weighted by atomic mass is 79.9. The summed E-state index contributed by atoms with van der Waals surface area (Å²) in [5.41, 5.74) is 0.680. The van der Waals surface area contributed by atoms with Crippen LogP contribution in [0.1, 0.15) is 19.4 Å². The van der Waals surface area contributed by atoms with Crippen molar-refractivity contribution < 1.29 is 9.13 Å². The van der Waals surface area contributed by atoms with Gasteiger partial charge in [-0.05, 0) is 24.1 Å². The van der Waals surface area contributed by atoms with Crippen molar-refractivity contribution in [2.24, 2.45) is 5.92 Å². The first kappa shape index (κ1) is 16.9. The summed E-state index contributed by atoms with van der Waals surface area (Å²) in [4.78, 5) is 2.44. The summed E-state index contributed by atoms with van der Waals surface area (Å²) in [7, 11) is 0. The Labute approximate surface area is 135 Å². The van der Waals surface area contributed by atoms with E-state index in [4.69, 9.17) is 4.74 Å². The molecular formula is C16H24BrFN2O. The fourth-order valence-corrected chi connectivity index (χ4v) is 3.04. The van der Waals surface area contributed by atoms with E-state index in [-0.39, 0.29) is 11.9 Å². The highest BCUT2D eigenvalue weighted by Gasteiger charge is 2.20. The van der Waals surface area contributed by atoms with E-state index in [1.807, 2.05) is 6.07 Å². The van der Waals surface area contributed by atoms with Crippen molar-refractivity contribution in [1.29, 1.82) is 0 Å². The molecule has 5 heteroatoms. The van der Waals surface area contributed by atoms with Crippen LogP contribution in [0.2, 0.25) is 0 Å². The van der Waals surface area contributed by atoms with Crippen LogP contribution in [0.5, 0.6) is 0 Å². The lowest BCUT2D eigenvalue weighted by Gasteiger charge is -2.34. The van der Waals surface area contributed by atoms with Crippen molar-refractivity contribution in [3.63, 3.8) is 0 Å². The molecule has 1 atom stereocenters. The maximum atomic E-state index is 13.6. The number of ether oxygens (including phenoxy) is 1. The van der Waals surface area contributed by atoms with Crippen LogP contribution in [-0.4, -0.2) is 43.8 Å². The van der Waals surface area contributed by atoms with Crippen LogP contribution in [0.25, 0.3) is 0 Å². The van der Waals surface area contributed by atoms with Gasteiger partial charge in [0.25, 0.3) is 0 Å². The molecule has 3 nitrogen and oxygen atoms in total. The summed E-state index contributed by atoms with van der Waals surface area (Å²) in [6.45, 7) is 9.60. The highest BCUT2D eigenvalue weighted by Crippen LogP contribution is 2.15. The van der Waals surface area contributed by atoms with E-state index >= 15 is 0 Å². The third-order valence-electron chi connectivity index (χ3n) is 3.54. The average Bonchev–Trinajstić information content (AvgIpc) is 2.42. The Morgan fingerprint density at radius 1 is 1.48 bits per heavy atom. The SMILES string of the molecule is CC(C)CN1CCOC(CNCc2cc(Br)ccc2F)C1.